The van der Waals surface area contributed by atoms with Crippen LogP contribution in [0.2, 0.25) is 0 Å². The van der Waals surface area contributed by atoms with Gasteiger partial charge in [0.2, 0.25) is 0 Å². The Morgan fingerprint density at radius 1 is 1.46 bits per heavy atom. The minimum Gasteiger partial charge on any atom is -0.478 e. The van der Waals surface area contributed by atoms with Gasteiger partial charge >= 0.3 is 5.97 Å². The number of hydrogen-bond donors (Lipinski definition) is 2. The van der Waals surface area contributed by atoms with E-state index < -0.39 is 11.5 Å². The predicted molar refractivity (Wildman–Crippen MR) is 46.2 cm³/mol. The summed E-state index contributed by atoms with van der Waals surface area (Å²) < 4.78 is 0. The normalized spacial score (nSPS) is 11.3. The van der Waals surface area contributed by atoms with Gasteiger partial charge < -0.3 is 10.8 Å². The lowest BCUT2D eigenvalue weighted by Gasteiger charge is -2.15. The number of nitrogens with zero attached hydrogens (tertiary/aromatic N) is 2. The SMILES string of the molecule is CC(C)(N)c1ncc(C(=O)O)cn1. The summed E-state index contributed by atoms with van der Waals surface area (Å²) in [5.41, 5.74) is 5.13. The van der Waals surface area contributed by atoms with Crippen LogP contribution in [0.25, 0.3) is 0 Å². The maximum atomic E-state index is 10.5. The number of aromatic carboxylic acids is 1. The molecule has 0 aliphatic carbocycles. The summed E-state index contributed by atoms with van der Waals surface area (Å²) in [6.45, 7) is 3.51. The van der Waals surface area contributed by atoms with Gasteiger partial charge in [-0.15, -0.1) is 0 Å². The van der Waals surface area contributed by atoms with E-state index in [0.29, 0.717) is 5.82 Å². The predicted octanol–water partition coefficient (Wildman–Crippen LogP) is 0.369. The molecule has 0 amide bonds. The van der Waals surface area contributed by atoms with Crippen molar-refractivity contribution in [2.75, 3.05) is 0 Å². The van der Waals surface area contributed by atoms with Gasteiger partial charge in [0.15, 0.2) is 0 Å². The molecule has 1 heterocycles. The molecule has 0 atom stereocenters. The van der Waals surface area contributed by atoms with Gasteiger partial charge in [0.25, 0.3) is 0 Å². The second kappa shape index (κ2) is 3.10. The van der Waals surface area contributed by atoms with Crippen molar-refractivity contribution >= 4 is 5.97 Å². The fourth-order valence-corrected chi connectivity index (χ4v) is 0.771. The summed E-state index contributed by atoms with van der Waals surface area (Å²) in [5, 5.41) is 8.57. The van der Waals surface area contributed by atoms with E-state index in [2.05, 4.69) is 9.97 Å². The fourth-order valence-electron chi connectivity index (χ4n) is 0.771. The smallest absolute Gasteiger partial charge is 0.338 e. The van der Waals surface area contributed by atoms with Gasteiger partial charge in [0.1, 0.15) is 5.82 Å². The number of hydrogen-bond acceptors (Lipinski definition) is 4. The Labute approximate surface area is 75.6 Å². The zero-order valence-electron chi connectivity index (χ0n) is 7.48. The highest BCUT2D eigenvalue weighted by Gasteiger charge is 2.17. The molecule has 3 N–H and O–H groups in total. The third-order valence-electron chi connectivity index (χ3n) is 1.48. The zero-order chi connectivity index (χ0) is 10.1. The molecule has 0 aromatic carbocycles. The van der Waals surface area contributed by atoms with Gasteiger partial charge in [-0.25, -0.2) is 14.8 Å². The Bertz CT molecular complexity index is 313. The monoisotopic (exact) mass is 181 g/mol. The molecular formula is C8H11N3O2. The third kappa shape index (κ3) is 2.22. The molecule has 70 valence electrons. The van der Waals surface area contributed by atoms with Gasteiger partial charge in [0, 0.05) is 12.4 Å². The highest BCUT2D eigenvalue weighted by atomic mass is 16.4. The van der Waals surface area contributed by atoms with Crippen LogP contribution in [0.1, 0.15) is 30.0 Å². The van der Waals surface area contributed by atoms with E-state index in [0.717, 1.165) is 0 Å². The van der Waals surface area contributed by atoms with Crippen LogP contribution in [-0.4, -0.2) is 21.0 Å². The van der Waals surface area contributed by atoms with E-state index in [1.807, 2.05) is 0 Å². The third-order valence-corrected chi connectivity index (χ3v) is 1.48. The minimum absolute atomic E-state index is 0.0630. The average Bonchev–Trinajstić information content (AvgIpc) is 2.03. The molecule has 0 aliphatic rings. The minimum atomic E-state index is -1.04. The van der Waals surface area contributed by atoms with Crippen LogP contribution in [0.4, 0.5) is 0 Å². The number of carboxylic acid groups (broad SMARTS) is 1. The Hall–Kier alpha value is -1.49. The maximum Gasteiger partial charge on any atom is 0.338 e. The van der Waals surface area contributed by atoms with Gasteiger partial charge in [0.05, 0.1) is 11.1 Å². The number of carboxylic acids is 1. The molecule has 13 heavy (non-hydrogen) atoms. The molecule has 0 saturated carbocycles. The Morgan fingerprint density at radius 2 is 1.92 bits per heavy atom. The van der Waals surface area contributed by atoms with Crippen molar-refractivity contribution in [2.24, 2.45) is 5.73 Å². The zero-order valence-corrected chi connectivity index (χ0v) is 7.48. The molecule has 0 aliphatic heterocycles. The molecule has 0 spiro atoms. The van der Waals surface area contributed by atoms with Crippen molar-refractivity contribution in [3.8, 4) is 0 Å². The Morgan fingerprint density at radius 3 is 2.23 bits per heavy atom. The molecule has 5 heteroatoms. The molecule has 0 radical (unpaired) electrons. The molecule has 5 nitrogen and oxygen atoms in total. The molecule has 1 rings (SSSR count). The summed E-state index contributed by atoms with van der Waals surface area (Å²) in [7, 11) is 0. The molecule has 0 bridgehead atoms. The van der Waals surface area contributed by atoms with E-state index in [1.165, 1.54) is 12.4 Å². The van der Waals surface area contributed by atoms with Crippen molar-refractivity contribution in [3.63, 3.8) is 0 Å². The summed E-state index contributed by atoms with van der Waals surface area (Å²) in [4.78, 5) is 18.2. The Kier molecular flexibility index (Phi) is 2.29. The highest BCUT2D eigenvalue weighted by Crippen LogP contribution is 2.10. The van der Waals surface area contributed by atoms with Crippen molar-refractivity contribution in [2.45, 2.75) is 19.4 Å². The molecular weight excluding hydrogens is 170 g/mol. The van der Waals surface area contributed by atoms with Gasteiger partial charge in [-0.2, -0.15) is 0 Å². The van der Waals surface area contributed by atoms with Crippen LogP contribution >= 0.6 is 0 Å². The van der Waals surface area contributed by atoms with E-state index >= 15 is 0 Å². The number of carbonyl (C=O) groups is 1. The fraction of sp³-hybridized carbons (Fsp3) is 0.375. The van der Waals surface area contributed by atoms with Crippen molar-refractivity contribution in [1.82, 2.24) is 9.97 Å². The van der Waals surface area contributed by atoms with E-state index in [4.69, 9.17) is 10.8 Å². The summed E-state index contributed by atoms with van der Waals surface area (Å²) in [6, 6.07) is 0. The maximum absolute atomic E-state index is 10.5. The lowest BCUT2D eigenvalue weighted by molar-refractivity contribution is 0.0695. The van der Waals surface area contributed by atoms with Crippen molar-refractivity contribution < 1.29 is 9.90 Å². The second-order valence-corrected chi connectivity index (χ2v) is 3.32. The average molecular weight is 181 g/mol. The number of nitrogens with two attached hydrogens (primary N) is 1. The molecule has 0 unspecified atom stereocenters. The Balaban J connectivity index is 3.01. The van der Waals surface area contributed by atoms with Gasteiger partial charge in [-0.05, 0) is 13.8 Å². The van der Waals surface area contributed by atoms with E-state index in [-0.39, 0.29) is 5.56 Å². The molecule has 1 aromatic heterocycles. The van der Waals surface area contributed by atoms with E-state index in [1.54, 1.807) is 13.8 Å². The number of aromatic nitrogens is 2. The topological polar surface area (TPSA) is 89.1 Å². The van der Waals surface area contributed by atoms with Crippen molar-refractivity contribution in [3.05, 3.63) is 23.8 Å². The quantitative estimate of drug-likeness (QED) is 0.688. The van der Waals surface area contributed by atoms with Crippen LogP contribution in [0, 0.1) is 0 Å². The van der Waals surface area contributed by atoms with Gasteiger partial charge in [-0.1, -0.05) is 0 Å². The lowest BCUT2D eigenvalue weighted by Crippen LogP contribution is -2.31. The largest absolute Gasteiger partial charge is 0.478 e. The summed E-state index contributed by atoms with van der Waals surface area (Å²) in [5.74, 6) is -0.612. The molecule has 1 aromatic rings. The van der Waals surface area contributed by atoms with E-state index in [9.17, 15) is 4.79 Å². The number of rotatable bonds is 2. The first-order chi connectivity index (χ1) is 5.91. The highest BCUT2D eigenvalue weighted by molar-refractivity contribution is 5.86. The van der Waals surface area contributed by atoms with Crippen LogP contribution < -0.4 is 5.73 Å². The van der Waals surface area contributed by atoms with Crippen LogP contribution in [0.15, 0.2) is 12.4 Å². The van der Waals surface area contributed by atoms with Crippen LogP contribution in [-0.2, 0) is 5.54 Å². The summed E-state index contributed by atoms with van der Waals surface area (Å²) >= 11 is 0. The molecule has 0 saturated heterocycles. The standard InChI is InChI=1S/C8H11N3O2/c1-8(2,9)7-10-3-5(4-11-7)6(12)13/h3-4H,9H2,1-2H3,(H,12,13). The first kappa shape index (κ1) is 9.60. The lowest BCUT2D eigenvalue weighted by atomic mass is 10.1. The van der Waals surface area contributed by atoms with Gasteiger partial charge in [-0.3, -0.25) is 0 Å². The van der Waals surface area contributed by atoms with Crippen molar-refractivity contribution in [1.29, 1.82) is 0 Å². The van der Waals surface area contributed by atoms with Crippen LogP contribution in [0.3, 0.4) is 0 Å². The molecule has 0 fully saturated rings. The summed E-state index contributed by atoms with van der Waals surface area (Å²) in [6.07, 6.45) is 2.50. The first-order valence-corrected chi connectivity index (χ1v) is 3.76. The van der Waals surface area contributed by atoms with Crippen LogP contribution in [0.5, 0.6) is 0 Å². The second-order valence-electron chi connectivity index (χ2n) is 3.32. The first-order valence-electron chi connectivity index (χ1n) is 3.76.